The molecule has 15 heteroatoms. The van der Waals surface area contributed by atoms with E-state index in [1.54, 1.807) is 41.5 Å². The first-order chi connectivity index (χ1) is 19.9. The third-order valence-electron chi connectivity index (χ3n) is 5.77. The number of nitro benzene ring substituents is 1. The number of alkyl carbamates (subject to hydrolysis) is 2. The molecule has 0 saturated heterocycles. The Balaban J connectivity index is 3.04. The first-order valence-corrected chi connectivity index (χ1v) is 15.6. The van der Waals surface area contributed by atoms with Gasteiger partial charge in [-0.1, -0.05) is 25.0 Å². The fourth-order valence-corrected chi connectivity index (χ4v) is 5.77. The standard InChI is InChI=1S/C28H46N4O10S/c1-27(2,3)41-25(34)29-18-12-8-9-13-20-31(43(38,39)23-17-11-10-15-21(23)32(36)37)22(24(33)40-7)16-14-19-30-26(35)42-28(4,5)6/h10-11,15,17,22H,8-9,12-14,16,18-20H2,1-7H3,(H,29,34)(H,30,35)/t22-/m0/s1. The number of para-hydroxylation sites is 1. The highest BCUT2D eigenvalue weighted by molar-refractivity contribution is 7.89. The number of carbonyl (C=O) groups is 3. The summed E-state index contributed by atoms with van der Waals surface area (Å²) in [6, 6.07) is 3.63. The molecule has 0 radical (unpaired) electrons. The number of hydrogen-bond acceptors (Lipinski definition) is 10. The third-order valence-corrected chi connectivity index (χ3v) is 7.72. The monoisotopic (exact) mass is 630 g/mol. The maximum absolute atomic E-state index is 13.8. The number of amides is 2. The van der Waals surface area contributed by atoms with Gasteiger partial charge in [-0.2, -0.15) is 4.31 Å². The molecule has 1 rings (SSSR count). The van der Waals surface area contributed by atoms with Crippen LogP contribution in [0.5, 0.6) is 0 Å². The fraction of sp³-hybridized carbons (Fsp3) is 0.679. The number of sulfonamides is 1. The van der Waals surface area contributed by atoms with Gasteiger partial charge in [0.1, 0.15) is 17.2 Å². The van der Waals surface area contributed by atoms with E-state index in [1.807, 2.05) is 0 Å². The summed E-state index contributed by atoms with van der Waals surface area (Å²) in [4.78, 5) is 47.0. The maximum atomic E-state index is 13.8. The lowest BCUT2D eigenvalue weighted by Crippen LogP contribution is -2.46. The normalized spacial score (nSPS) is 12.7. The molecule has 0 unspecified atom stereocenters. The lowest BCUT2D eigenvalue weighted by Gasteiger charge is -2.29. The topological polar surface area (TPSA) is 183 Å². The van der Waals surface area contributed by atoms with Gasteiger partial charge in [-0.15, -0.1) is 0 Å². The van der Waals surface area contributed by atoms with Crippen LogP contribution in [0.3, 0.4) is 0 Å². The van der Waals surface area contributed by atoms with Crippen LogP contribution in [0.25, 0.3) is 0 Å². The third kappa shape index (κ3) is 14.0. The minimum atomic E-state index is -4.53. The molecule has 0 aliphatic carbocycles. The van der Waals surface area contributed by atoms with Crippen molar-refractivity contribution < 1.29 is 41.9 Å². The number of esters is 1. The Morgan fingerprint density at radius 1 is 0.884 bits per heavy atom. The van der Waals surface area contributed by atoms with Gasteiger partial charge in [0, 0.05) is 25.7 Å². The van der Waals surface area contributed by atoms with Crippen molar-refractivity contribution in [2.24, 2.45) is 0 Å². The van der Waals surface area contributed by atoms with Crippen LogP contribution in [-0.2, 0) is 29.0 Å². The van der Waals surface area contributed by atoms with Crippen LogP contribution in [0.1, 0.15) is 80.1 Å². The van der Waals surface area contributed by atoms with Crippen molar-refractivity contribution in [2.45, 2.75) is 102 Å². The molecule has 0 aliphatic rings. The molecule has 0 aromatic heterocycles. The second-order valence-corrected chi connectivity index (χ2v) is 13.7. The number of carbonyl (C=O) groups excluding carboxylic acids is 3. The number of hydrogen-bond donors (Lipinski definition) is 2. The van der Waals surface area contributed by atoms with Crippen molar-refractivity contribution >= 4 is 33.9 Å². The summed E-state index contributed by atoms with van der Waals surface area (Å²) in [5.74, 6) is -0.832. The Hall–Kier alpha value is -3.46. The highest BCUT2D eigenvalue weighted by atomic mass is 32.2. The average Bonchev–Trinajstić information content (AvgIpc) is 2.88. The van der Waals surface area contributed by atoms with Crippen LogP contribution in [0.4, 0.5) is 15.3 Å². The number of nitro groups is 1. The largest absolute Gasteiger partial charge is 0.468 e. The van der Waals surface area contributed by atoms with E-state index in [1.165, 1.54) is 12.1 Å². The first-order valence-electron chi connectivity index (χ1n) is 14.2. The summed E-state index contributed by atoms with van der Waals surface area (Å²) >= 11 is 0. The maximum Gasteiger partial charge on any atom is 0.407 e. The molecule has 1 atom stereocenters. The van der Waals surface area contributed by atoms with Crippen LogP contribution in [0, 0.1) is 10.1 Å². The summed E-state index contributed by atoms with van der Waals surface area (Å²) in [5, 5.41) is 16.9. The molecule has 43 heavy (non-hydrogen) atoms. The average molecular weight is 631 g/mol. The fourth-order valence-electron chi connectivity index (χ4n) is 3.96. The summed E-state index contributed by atoms with van der Waals surface area (Å²) in [6.45, 7) is 10.7. The van der Waals surface area contributed by atoms with Gasteiger partial charge in [0.15, 0.2) is 4.90 Å². The zero-order chi connectivity index (χ0) is 32.8. The van der Waals surface area contributed by atoms with Crippen molar-refractivity contribution in [3.05, 3.63) is 34.4 Å². The van der Waals surface area contributed by atoms with Gasteiger partial charge in [0.2, 0.25) is 0 Å². The van der Waals surface area contributed by atoms with E-state index in [0.29, 0.717) is 32.2 Å². The van der Waals surface area contributed by atoms with E-state index in [4.69, 9.17) is 14.2 Å². The summed E-state index contributed by atoms with van der Waals surface area (Å²) in [6.07, 6.45) is 1.10. The molecule has 2 amide bonds. The minimum Gasteiger partial charge on any atom is -0.468 e. The highest BCUT2D eigenvalue weighted by Crippen LogP contribution is 2.29. The quantitative estimate of drug-likeness (QED) is 0.0866. The van der Waals surface area contributed by atoms with Crippen LogP contribution in [-0.4, -0.2) is 79.8 Å². The Bertz CT molecular complexity index is 1190. The predicted octanol–water partition coefficient (Wildman–Crippen LogP) is 4.52. The van der Waals surface area contributed by atoms with Crippen LogP contribution >= 0.6 is 0 Å². The number of ether oxygens (including phenoxy) is 3. The SMILES string of the molecule is COC(=O)[C@H](CCCNC(=O)OC(C)(C)C)N(CCCCCCNC(=O)OC(C)(C)C)S(=O)(=O)c1ccccc1[N+](=O)[O-]. The number of rotatable bonds is 16. The van der Waals surface area contributed by atoms with E-state index in [9.17, 15) is 32.9 Å². The summed E-state index contributed by atoms with van der Waals surface area (Å²) < 4.78 is 43.9. The molecule has 1 aromatic rings. The Morgan fingerprint density at radius 2 is 1.40 bits per heavy atom. The van der Waals surface area contributed by atoms with E-state index >= 15 is 0 Å². The van der Waals surface area contributed by atoms with Crippen LogP contribution in [0.2, 0.25) is 0 Å². The molecule has 1 aromatic carbocycles. The molecule has 0 bridgehead atoms. The smallest absolute Gasteiger partial charge is 0.407 e. The van der Waals surface area contributed by atoms with Crippen molar-refractivity contribution in [1.29, 1.82) is 0 Å². The van der Waals surface area contributed by atoms with Gasteiger partial charge < -0.3 is 24.8 Å². The molecular formula is C28H46N4O10S. The predicted molar refractivity (Wildman–Crippen MR) is 159 cm³/mol. The summed E-state index contributed by atoms with van der Waals surface area (Å²) in [5.41, 5.74) is -1.94. The van der Waals surface area contributed by atoms with Crippen molar-refractivity contribution in [2.75, 3.05) is 26.7 Å². The molecule has 14 nitrogen and oxygen atoms in total. The second kappa shape index (κ2) is 17.0. The molecule has 244 valence electrons. The van der Waals surface area contributed by atoms with Gasteiger partial charge in [-0.25, -0.2) is 18.0 Å². The van der Waals surface area contributed by atoms with E-state index in [2.05, 4.69) is 10.6 Å². The van der Waals surface area contributed by atoms with Gasteiger partial charge >= 0.3 is 18.2 Å². The van der Waals surface area contributed by atoms with Crippen LogP contribution < -0.4 is 10.6 Å². The number of nitrogens with zero attached hydrogens (tertiary/aromatic N) is 2. The lowest BCUT2D eigenvalue weighted by molar-refractivity contribution is -0.387. The van der Waals surface area contributed by atoms with Gasteiger partial charge in [-0.05, 0) is 73.3 Å². The highest BCUT2D eigenvalue weighted by Gasteiger charge is 2.39. The Labute approximate surface area is 254 Å². The summed E-state index contributed by atoms with van der Waals surface area (Å²) in [7, 11) is -3.40. The molecule has 0 fully saturated rings. The van der Waals surface area contributed by atoms with Crippen molar-refractivity contribution in [3.8, 4) is 0 Å². The Kier molecular flexibility index (Phi) is 14.8. The molecular weight excluding hydrogens is 584 g/mol. The van der Waals surface area contributed by atoms with Gasteiger partial charge in [0.25, 0.3) is 15.7 Å². The number of unbranched alkanes of at least 4 members (excludes halogenated alkanes) is 3. The molecule has 2 N–H and O–H groups in total. The number of methoxy groups -OCH3 is 1. The van der Waals surface area contributed by atoms with E-state index in [0.717, 1.165) is 23.5 Å². The van der Waals surface area contributed by atoms with Crippen LogP contribution in [0.15, 0.2) is 29.2 Å². The number of benzene rings is 1. The molecule has 0 heterocycles. The van der Waals surface area contributed by atoms with E-state index < -0.39 is 60.9 Å². The molecule has 0 spiro atoms. The van der Waals surface area contributed by atoms with Gasteiger partial charge in [0.05, 0.1) is 12.0 Å². The first kappa shape index (κ1) is 37.6. The molecule has 0 saturated carbocycles. The second-order valence-electron chi connectivity index (χ2n) is 11.8. The number of nitrogens with one attached hydrogen (secondary N) is 2. The van der Waals surface area contributed by atoms with Gasteiger partial charge in [-0.3, -0.25) is 14.9 Å². The minimum absolute atomic E-state index is 0.0257. The van der Waals surface area contributed by atoms with Crippen molar-refractivity contribution in [3.63, 3.8) is 0 Å². The zero-order valence-electron chi connectivity index (χ0n) is 26.1. The molecule has 0 aliphatic heterocycles. The lowest BCUT2D eigenvalue weighted by atomic mass is 10.1. The zero-order valence-corrected chi connectivity index (χ0v) is 27.0. The van der Waals surface area contributed by atoms with E-state index in [-0.39, 0.29) is 25.9 Å². The Morgan fingerprint density at radius 3 is 1.91 bits per heavy atom. The van der Waals surface area contributed by atoms with Crippen molar-refractivity contribution in [1.82, 2.24) is 14.9 Å².